The van der Waals surface area contributed by atoms with Crippen molar-refractivity contribution in [3.63, 3.8) is 0 Å². The Hall–Kier alpha value is -2.60. The fraction of sp³-hybridized carbons (Fsp3) is 0.111. The first-order chi connectivity index (χ1) is 11.5. The lowest BCUT2D eigenvalue weighted by molar-refractivity contribution is -0.133. The molecule has 122 valence electrons. The number of ketones is 1. The van der Waals surface area contributed by atoms with Crippen LogP contribution in [-0.2, 0) is 9.59 Å². The average molecular weight is 388 g/mol. The van der Waals surface area contributed by atoms with Gasteiger partial charge in [0.15, 0.2) is 0 Å². The standard InChI is InChI=1S/C18H14BrNO4/c1-24-13-8-4-11(5-9-13)16(21)14-15(20-18(23)17(14)22)10-2-6-12(19)7-3-10/h2-9,15,21H,1H3,(H,20,23)/t15-/m0/s1. The van der Waals surface area contributed by atoms with Crippen molar-refractivity contribution in [1.82, 2.24) is 5.32 Å². The topological polar surface area (TPSA) is 75.6 Å². The number of ether oxygens (including phenoxy) is 1. The van der Waals surface area contributed by atoms with Crippen molar-refractivity contribution in [3.8, 4) is 5.75 Å². The number of methoxy groups -OCH3 is 1. The highest BCUT2D eigenvalue weighted by Gasteiger charge is 2.39. The minimum atomic E-state index is -0.726. The van der Waals surface area contributed by atoms with Gasteiger partial charge in [0, 0.05) is 10.0 Å². The number of amides is 1. The lowest BCUT2D eigenvalue weighted by atomic mass is 9.96. The van der Waals surface area contributed by atoms with Crippen molar-refractivity contribution in [2.45, 2.75) is 6.04 Å². The van der Waals surface area contributed by atoms with Gasteiger partial charge in [0.25, 0.3) is 11.7 Å². The van der Waals surface area contributed by atoms with Gasteiger partial charge in [-0.15, -0.1) is 0 Å². The minimum Gasteiger partial charge on any atom is -0.507 e. The monoisotopic (exact) mass is 387 g/mol. The van der Waals surface area contributed by atoms with Crippen molar-refractivity contribution in [2.24, 2.45) is 0 Å². The summed E-state index contributed by atoms with van der Waals surface area (Å²) in [5.74, 6) is -1.03. The van der Waals surface area contributed by atoms with E-state index in [1.807, 2.05) is 12.1 Å². The van der Waals surface area contributed by atoms with Gasteiger partial charge in [-0.25, -0.2) is 0 Å². The minimum absolute atomic E-state index is 0.0486. The zero-order valence-electron chi connectivity index (χ0n) is 12.7. The van der Waals surface area contributed by atoms with Gasteiger partial charge in [0.1, 0.15) is 11.5 Å². The molecule has 1 saturated heterocycles. The number of rotatable bonds is 3. The third-order valence-electron chi connectivity index (χ3n) is 3.84. The molecule has 0 bridgehead atoms. The molecule has 1 fully saturated rings. The van der Waals surface area contributed by atoms with E-state index >= 15 is 0 Å². The Morgan fingerprint density at radius 1 is 1.08 bits per heavy atom. The van der Waals surface area contributed by atoms with Crippen molar-refractivity contribution in [3.05, 3.63) is 69.7 Å². The Kier molecular flexibility index (Phi) is 4.40. The van der Waals surface area contributed by atoms with Crippen LogP contribution < -0.4 is 10.1 Å². The van der Waals surface area contributed by atoms with Gasteiger partial charge in [0.2, 0.25) is 0 Å². The average Bonchev–Trinajstić information content (AvgIpc) is 2.90. The van der Waals surface area contributed by atoms with Crippen molar-refractivity contribution >= 4 is 33.4 Å². The number of carbonyl (C=O) groups excluding carboxylic acids is 2. The molecule has 1 amide bonds. The molecule has 0 aromatic heterocycles. The van der Waals surface area contributed by atoms with E-state index in [2.05, 4.69) is 21.2 Å². The van der Waals surface area contributed by atoms with E-state index in [0.29, 0.717) is 16.9 Å². The molecular weight excluding hydrogens is 374 g/mol. The Bertz CT molecular complexity index is 825. The molecule has 0 spiro atoms. The second kappa shape index (κ2) is 6.49. The van der Waals surface area contributed by atoms with E-state index in [1.54, 1.807) is 43.5 Å². The van der Waals surface area contributed by atoms with Crippen LogP contribution in [0.5, 0.6) is 5.75 Å². The van der Waals surface area contributed by atoms with Crippen LogP contribution >= 0.6 is 15.9 Å². The predicted octanol–water partition coefficient (Wildman–Crippen LogP) is 3.17. The molecule has 0 aliphatic carbocycles. The lowest BCUT2D eigenvalue weighted by Gasteiger charge is -2.14. The molecule has 0 saturated carbocycles. The van der Waals surface area contributed by atoms with E-state index in [1.165, 1.54) is 0 Å². The van der Waals surface area contributed by atoms with Gasteiger partial charge >= 0.3 is 0 Å². The second-order valence-corrected chi connectivity index (χ2v) is 6.19. The fourth-order valence-electron chi connectivity index (χ4n) is 2.58. The Morgan fingerprint density at radius 3 is 2.29 bits per heavy atom. The maximum Gasteiger partial charge on any atom is 0.293 e. The van der Waals surface area contributed by atoms with Crippen LogP contribution in [0.3, 0.4) is 0 Å². The summed E-state index contributed by atoms with van der Waals surface area (Å²) in [7, 11) is 1.54. The van der Waals surface area contributed by atoms with Crippen LogP contribution in [-0.4, -0.2) is 23.9 Å². The maximum absolute atomic E-state index is 12.2. The third-order valence-corrected chi connectivity index (χ3v) is 4.37. The summed E-state index contributed by atoms with van der Waals surface area (Å²) in [5, 5.41) is 13.2. The Balaban J connectivity index is 2.07. The molecule has 2 aromatic rings. The van der Waals surface area contributed by atoms with E-state index < -0.39 is 17.7 Å². The highest BCUT2D eigenvalue weighted by atomic mass is 79.9. The summed E-state index contributed by atoms with van der Waals surface area (Å²) in [4.78, 5) is 24.1. The van der Waals surface area contributed by atoms with E-state index in [4.69, 9.17) is 4.74 Å². The van der Waals surface area contributed by atoms with Crippen LogP contribution in [0.25, 0.3) is 5.76 Å². The number of Topliss-reactive ketones (excluding diaryl/α,β-unsaturated/α-hetero) is 1. The SMILES string of the molecule is COc1ccc(C(O)=C2C(=O)C(=O)N[C@H]2c2ccc(Br)cc2)cc1. The zero-order chi connectivity index (χ0) is 17.3. The first-order valence-corrected chi connectivity index (χ1v) is 7.98. The van der Waals surface area contributed by atoms with Gasteiger partial charge in [-0.2, -0.15) is 0 Å². The summed E-state index contributed by atoms with van der Waals surface area (Å²) in [6.45, 7) is 0. The van der Waals surface area contributed by atoms with Crippen LogP contribution in [0.4, 0.5) is 0 Å². The smallest absolute Gasteiger partial charge is 0.293 e. The molecule has 6 heteroatoms. The molecule has 0 unspecified atom stereocenters. The van der Waals surface area contributed by atoms with Gasteiger partial charge in [0.05, 0.1) is 18.7 Å². The van der Waals surface area contributed by atoms with Crippen LogP contribution in [0.2, 0.25) is 0 Å². The van der Waals surface area contributed by atoms with Crippen LogP contribution in [0, 0.1) is 0 Å². The van der Waals surface area contributed by atoms with Gasteiger partial charge in [-0.3, -0.25) is 9.59 Å². The number of halogens is 1. The molecule has 2 N–H and O–H groups in total. The van der Waals surface area contributed by atoms with Gasteiger partial charge in [-0.1, -0.05) is 28.1 Å². The lowest BCUT2D eigenvalue weighted by Crippen LogP contribution is -2.21. The largest absolute Gasteiger partial charge is 0.507 e. The molecule has 0 radical (unpaired) electrons. The van der Waals surface area contributed by atoms with Gasteiger partial charge < -0.3 is 15.2 Å². The molecular formula is C18H14BrNO4. The predicted molar refractivity (Wildman–Crippen MR) is 92.6 cm³/mol. The number of hydrogen-bond donors (Lipinski definition) is 2. The number of aliphatic hydroxyl groups is 1. The number of benzene rings is 2. The molecule has 1 atom stereocenters. The summed E-state index contributed by atoms with van der Waals surface area (Å²) in [5.41, 5.74) is 1.21. The van der Waals surface area contributed by atoms with E-state index in [-0.39, 0.29) is 11.3 Å². The number of carbonyl (C=O) groups is 2. The van der Waals surface area contributed by atoms with Crippen molar-refractivity contribution in [2.75, 3.05) is 7.11 Å². The third kappa shape index (κ3) is 2.92. The molecule has 1 aliphatic rings. The molecule has 5 nitrogen and oxygen atoms in total. The summed E-state index contributed by atoms with van der Waals surface area (Å²) in [6.07, 6.45) is 0. The summed E-state index contributed by atoms with van der Waals surface area (Å²) < 4.78 is 5.96. The fourth-order valence-corrected chi connectivity index (χ4v) is 2.84. The maximum atomic E-state index is 12.2. The first-order valence-electron chi connectivity index (χ1n) is 7.19. The van der Waals surface area contributed by atoms with Crippen molar-refractivity contribution in [1.29, 1.82) is 0 Å². The van der Waals surface area contributed by atoms with Crippen molar-refractivity contribution < 1.29 is 19.4 Å². The Labute approximate surface area is 147 Å². The van der Waals surface area contributed by atoms with E-state index in [9.17, 15) is 14.7 Å². The van der Waals surface area contributed by atoms with Gasteiger partial charge in [-0.05, 0) is 42.0 Å². The zero-order valence-corrected chi connectivity index (χ0v) is 14.3. The molecule has 2 aromatic carbocycles. The molecule has 1 heterocycles. The quantitative estimate of drug-likeness (QED) is 0.481. The molecule has 1 aliphatic heterocycles. The summed E-state index contributed by atoms with van der Waals surface area (Å²) >= 11 is 3.34. The molecule has 3 rings (SSSR count). The normalized spacial score (nSPS) is 19.2. The Morgan fingerprint density at radius 2 is 1.71 bits per heavy atom. The van der Waals surface area contributed by atoms with Crippen LogP contribution in [0.15, 0.2) is 58.6 Å². The van der Waals surface area contributed by atoms with Crippen LogP contribution in [0.1, 0.15) is 17.2 Å². The highest BCUT2D eigenvalue weighted by Crippen LogP contribution is 2.33. The summed E-state index contributed by atoms with van der Waals surface area (Å²) in [6, 6.07) is 13.1. The first kappa shape index (κ1) is 16.3. The number of hydrogen-bond acceptors (Lipinski definition) is 4. The molecule has 24 heavy (non-hydrogen) atoms. The number of aliphatic hydroxyl groups excluding tert-OH is 1. The second-order valence-electron chi connectivity index (χ2n) is 5.28. The highest BCUT2D eigenvalue weighted by molar-refractivity contribution is 9.10. The van der Waals surface area contributed by atoms with E-state index in [0.717, 1.165) is 4.47 Å². The number of nitrogens with one attached hydrogen (secondary N) is 1.